The van der Waals surface area contributed by atoms with Crippen molar-refractivity contribution in [3.63, 3.8) is 0 Å². The van der Waals surface area contributed by atoms with Gasteiger partial charge in [-0.15, -0.1) is 0 Å². The second-order valence-corrected chi connectivity index (χ2v) is 5.46. The summed E-state index contributed by atoms with van der Waals surface area (Å²) in [5.41, 5.74) is 10.1. The molecule has 0 unspecified atom stereocenters. The van der Waals surface area contributed by atoms with Gasteiger partial charge in [0.15, 0.2) is 0 Å². The number of carbonyl (C=O) groups is 2. The summed E-state index contributed by atoms with van der Waals surface area (Å²) in [5, 5.41) is 0. The zero-order valence-electron chi connectivity index (χ0n) is 15.7. The Kier molecular flexibility index (Phi) is 10.6. The number of carbonyl (C=O) groups excluding carboxylic acids is 2. The van der Waals surface area contributed by atoms with Gasteiger partial charge in [-0.05, 0) is 12.1 Å². The second kappa shape index (κ2) is 13.0. The summed E-state index contributed by atoms with van der Waals surface area (Å²) in [4.78, 5) is 22.2. The standard InChI is InChI=1S/C19H26N2O7/c1-14(20)18(22)27-8-4-7-24-9-10-25-16-5-3-6-17(13-16)26-11-12-28-19(23)15(2)21/h3,5-6,13H,1-2,4,7-12,20-21H2. The molecule has 0 amide bonds. The lowest BCUT2D eigenvalue weighted by Crippen LogP contribution is -2.17. The Morgan fingerprint density at radius 3 is 1.89 bits per heavy atom. The zero-order valence-corrected chi connectivity index (χ0v) is 15.7. The molecular weight excluding hydrogens is 368 g/mol. The minimum atomic E-state index is -0.663. The van der Waals surface area contributed by atoms with Crippen LogP contribution >= 0.6 is 0 Å². The van der Waals surface area contributed by atoms with Crippen molar-refractivity contribution >= 4 is 11.9 Å². The number of rotatable bonds is 14. The lowest BCUT2D eigenvalue weighted by atomic mass is 10.3. The third kappa shape index (κ3) is 10.1. The molecule has 0 fully saturated rings. The maximum atomic E-state index is 11.1. The summed E-state index contributed by atoms with van der Waals surface area (Å²) in [6, 6.07) is 7.02. The molecule has 154 valence electrons. The quantitative estimate of drug-likeness (QED) is 0.268. The third-order valence-corrected chi connectivity index (χ3v) is 3.08. The van der Waals surface area contributed by atoms with Crippen LogP contribution in [-0.4, -0.2) is 51.6 Å². The first-order valence-corrected chi connectivity index (χ1v) is 8.56. The number of nitrogens with two attached hydrogens (primary N) is 2. The topological polar surface area (TPSA) is 132 Å². The van der Waals surface area contributed by atoms with E-state index in [4.69, 9.17) is 35.2 Å². The Bertz CT molecular complexity index is 676. The highest BCUT2D eigenvalue weighted by molar-refractivity contribution is 5.86. The molecule has 0 aromatic heterocycles. The maximum absolute atomic E-state index is 11.1. The van der Waals surface area contributed by atoms with Crippen molar-refractivity contribution in [1.29, 1.82) is 0 Å². The molecule has 1 rings (SSSR count). The van der Waals surface area contributed by atoms with E-state index in [1.54, 1.807) is 24.3 Å². The van der Waals surface area contributed by atoms with Gasteiger partial charge in [0, 0.05) is 19.1 Å². The Labute approximate surface area is 163 Å². The first-order valence-electron chi connectivity index (χ1n) is 8.56. The third-order valence-electron chi connectivity index (χ3n) is 3.08. The van der Waals surface area contributed by atoms with Crippen LogP contribution in [-0.2, 0) is 23.8 Å². The lowest BCUT2D eigenvalue weighted by molar-refractivity contribution is -0.140. The van der Waals surface area contributed by atoms with E-state index in [-0.39, 0.29) is 31.2 Å². The number of ether oxygens (including phenoxy) is 5. The summed E-state index contributed by atoms with van der Waals surface area (Å²) >= 11 is 0. The van der Waals surface area contributed by atoms with E-state index < -0.39 is 11.9 Å². The highest BCUT2D eigenvalue weighted by atomic mass is 16.6. The zero-order chi connectivity index (χ0) is 20.8. The molecule has 0 atom stereocenters. The highest BCUT2D eigenvalue weighted by Crippen LogP contribution is 2.19. The smallest absolute Gasteiger partial charge is 0.353 e. The maximum Gasteiger partial charge on any atom is 0.353 e. The van der Waals surface area contributed by atoms with Crippen molar-refractivity contribution in [3.05, 3.63) is 48.8 Å². The summed E-state index contributed by atoms with van der Waals surface area (Å²) < 4.78 is 26.1. The minimum Gasteiger partial charge on any atom is -0.491 e. The number of hydrogen-bond donors (Lipinski definition) is 2. The van der Waals surface area contributed by atoms with Crippen molar-refractivity contribution in [2.75, 3.05) is 39.6 Å². The van der Waals surface area contributed by atoms with Crippen LogP contribution in [0.5, 0.6) is 11.5 Å². The van der Waals surface area contributed by atoms with Crippen LogP contribution in [0.15, 0.2) is 48.8 Å². The van der Waals surface area contributed by atoms with Crippen LogP contribution in [0.25, 0.3) is 0 Å². The molecule has 0 heterocycles. The number of benzene rings is 1. The Hall–Kier alpha value is -3.20. The molecule has 0 aliphatic carbocycles. The number of esters is 2. The van der Waals surface area contributed by atoms with E-state index >= 15 is 0 Å². The molecule has 0 aliphatic rings. The Morgan fingerprint density at radius 1 is 0.786 bits per heavy atom. The van der Waals surface area contributed by atoms with Crippen molar-refractivity contribution in [2.45, 2.75) is 6.42 Å². The molecule has 9 nitrogen and oxygen atoms in total. The first-order chi connectivity index (χ1) is 13.4. The molecule has 28 heavy (non-hydrogen) atoms. The average Bonchev–Trinajstić information content (AvgIpc) is 2.67. The van der Waals surface area contributed by atoms with Crippen LogP contribution in [0.1, 0.15) is 6.42 Å². The van der Waals surface area contributed by atoms with Crippen LogP contribution in [0.2, 0.25) is 0 Å². The highest BCUT2D eigenvalue weighted by Gasteiger charge is 2.04. The van der Waals surface area contributed by atoms with E-state index in [0.29, 0.717) is 37.7 Å². The van der Waals surface area contributed by atoms with Gasteiger partial charge < -0.3 is 35.2 Å². The lowest BCUT2D eigenvalue weighted by Gasteiger charge is -2.10. The minimum absolute atomic E-state index is 0.0582. The van der Waals surface area contributed by atoms with Gasteiger partial charge in [-0.3, -0.25) is 0 Å². The van der Waals surface area contributed by atoms with E-state index in [9.17, 15) is 9.59 Å². The molecule has 0 radical (unpaired) electrons. The summed E-state index contributed by atoms with van der Waals surface area (Å²) in [6.45, 7) is 8.15. The molecule has 1 aromatic carbocycles. The van der Waals surface area contributed by atoms with Gasteiger partial charge in [-0.1, -0.05) is 19.2 Å². The van der Waals surface area contributed by atoms with Crippen molar-refractivity contribution < 1.29 is 33.3 Å². The van der Waals surface area contributed by atoms with Gasteiger partial charge in [-0.25, -0.2) is 9.59 Å². The summed E-state index contributed by atoms with van der Waals surface area (Å²) in [5.74, 6) is -0.0923. The molecule has 4 N–H and O–H groups in total. The van der Waals surface area contributed by atoms with Gasteiger partial charge in [0.25, 0.3) is 0 Å². The van der Waals surface area contributed by atoms with Gasteiger partial charge >= 0.3 is 11.9 Å². The van der Waals surface area contributed by atoms with Gasteiger partial charge in [0.2, 0.25) is 0 Å². The van der Waals surface area contributed by atoms with Crippen molar-refractivity contribution in [2.24, 2.45) is 11.5 Å². The SMILES string of the molecule is C=C(N)C(=O)OCCCOCCOc1cccc(OCCOC(=O)C(=C)N)c1. The molecular formula is C19H26N2O7. The van der Waals surface area contributed by atoms with Crippen LogP contribution in [0, 0.1) is 0 Å². The molecule has 0 saturated heterocycles. The largest absolute Gasteiger partial charge is 0.491 e. The fourth-order valence-electron chi connectivity index (χ4n) is 1.78. The van der Waals surface area contributed by atoms with Crippen LogP contribution in [0.4, 0.5) is 0 Å². The predicted molar refractivity (Wildman–Crippen MR) is 101 cm³/mol. The Morgan fingerprint density at radius 2 is 1.32 bits per heavy atom. The monoisotopic (exact) mass is 394 g/mol. The van der Waals surface area contributed by atoms with Crippen molar-refractivity contribution in [3.8, 4) is 11.5 Å². The molecule has 1 aromatic rings. The first kappa shape index (κ1) is 22.8. The normalized spacial score (nSPS) is 10.0. The summed E-state index contributed by atoms with van der Waals surface area (Å²) in [6.07, 6.45) is 0.546. The van der Waals surface area contributed by atoms with Gasteiger partial charge in [0.05, 0.1) is 13.2 Å². The van der Waals surface area contributed by atoms with Crippen LogP contribution < -0.4 is 20.9 Å². The molecule has 0 bridgehead atoms. The molecule has 0 aliphatic heterocycles. The molecule has 0 spiro atoms. The van der Waals surface area contributed by atoms with E-state index in [0.717, 1.165) is 0 Å². The van der Waals surface area contributed by atoms with E-state index in [1.807, 2.05) is 0 Å². The average molecular weight is 394 g/mol. The van der Waals surface area contributed by atoms with Gasteiger partial charge in [0.1, 0.15) is 42.7 Å². The van der Waals surface area contributed by atoms with Crippen molar-refractivity contribution in [1.82, 2.24) is 0 Å². The predicted octanol–water partition coefficient (Wildman–Crippen LogP) is 0.882. The van der Waals surface area contributed by atoms with Crippen LogP contribution in [0.3, 0.4) is 0 Å². The fraction of sp³-hybridized carbons (Fsp3) is 0.368. The molecule has 0 saturated carbocycles. The van der Waals surface area contributed by atoms with E-state index in [1.165, 1.54) is 0 Å². The van der Waals surface area contributed by atoms with E-state index in [2.05, 4.69) is 13.2 Å². The fourth-order valence-corrected chi connectivity index (χ4v) is 1.78. The second-order valence-electron chi connectivity index (χ2n) is 5.46. The summed E-state index contributed by atoms with van der Waals surface area (Å²) in [7, 11) is 0. The number of hydrogen-bond acceptors (Lipinski definition) is 9. The Balaban J connectivity index is 2.13. The van der Waals surface area contributed by atoms with Gasteiger partial charge in [-0.2, -0.15) is 0 Å². The molecule has 9 heteroatoms.